The molecule has 5 heteroatoms. The summed E-state index contributed by atoms with van der Waals surface area (Å²) in [6.07, 6.45) is 0. The van der Waals surface area contributed by atoms with E-state index in [2.05, 4.69) is 16.4 Å². The highest BCUT2D eigenvalue weighted by Crippen LogP contribution is 2.27. The molecule has 0 saturated carbocycles. The minimum atomic E-state index is -0.0242. The van der Waals surface area contributed by atoms with Gasteiger partial charge in [-0.25, -0.2) is 4.98 Å². The number of carbonyl (C=O) groups excluding carboxylic acids is 1. The molecule has 1 N–H and O–H groups in total. The molecule has 4 nitrogen and oxygen atoms in total. The number of para-hydroxylation sites is 1. The molecule has 1 amide bonds. The van der Waals surface area contributed by atoms with E-state index in [1.165, 1.54) is 11.3 Å². The second kappa shape index (κ2) is 5.79. The maximum absolute atomic E-state index is 12.1. The molecule has 2 heterocycles. The summed E-state index contributed by atoms with van der Waals surface area (Å²) in [6.45, 7) is 1.48. The molecule has 3 aromatic rings. The number of likely N-dealkylation sites (N-methyl/N-ethyl adjacent to an activating group) is 1. The molecule has 3 rings (SSSR count). The molecule has 0 saturated heterocycles. The normalized spacial score (nSPS) is 11.4. The summed E-state index contributed by atoms with van der Waals surface area (Å²) in [7, 11) is 3.97. The minimum Gasteiger partial charge on any atom is -0.350 e. The Morgan fingerprint density at radius 3 is 2.86 bits per heavy atom. The van der Waals surface area contributed by atoms with Gasteiger partial charge in [0.05, 0.1) is 10.4 Å². The first-order valence-electron chi connectivity index (χ1n) is 6.86. The Morgan fingerprint density at radius 1 is 1.24 bits per heavy atom. The van der Waals surface area contributed by atoms with Crippen molar-refractivity contribution >= 4 is 38.4 Å². The van der Waals surface area contributed by atoms with Gasteiger partial charge in [0.2, 0.25) is 0 Å². The molecule has 0 aliphatic carbocycles. The van der Waals surface area contributed by atoms with Crippen molar-refractivity contribution in [1.82, 2.24) is 15.2 Å². The van der Waals surface area contributed by atoms with Crippen molar-refractivity contribution in [3.63, 3.8) is 0 Å². The van der Waals surface area contributed by atoms with Gasteiger partial charge in [-0.05, 0) is 32.3 Å². The average Bonchev–Trinajstić information content (AvgIpc) is 2.87. The summed E-state index contributed by atoms with van der Waals surface area (Å²) < 4.78 is 0. The molecule has 1 aromatic carbocycles. The molecule has 0 spiro atoms. The highest BCUT2D eigenvalue weighted by Gasteiger charge is 2.11. The molecule has 2 aromatic heterocycles. The van der Waals surface area contributed by atoms with Gasteiger partial charge in [0.15, 0.2) is 0 Å². The Bertz CT molecular complexity index is 742. The first-order valence-corrected chi connectivity index (χ1v) is 7.67. The number of aromatic nitrogens is 1. The maximum Gasteiger partial charge on any atom is 0.261 e. The van der Waals surface area contributed by atoms with Crippen LogP contribution in [0, 0.1) is 0 Å². The largest absolute Gasteiger partial charge is 0.350 e. The standard InChI is InChI=1S/C16H17N3OS/c1-19(2)8-7-17-15(20)14-10-12-9-11-5-3-4-6-13(11)18-16(12)21-14/h3-6,9-10H,7-8H2,1-2H3,(H,17,20). The lowest BCUT2D eigenvalue weighted by Gasteiger charge is -2.09. The fourth-order valence-electron chi connectivity index (χ4n) is 2.17. The summed E-state index contributed by atoms with van der Waals surface area (Å²) in [4.78, 5) is 20.4. The topological polar surface area (TPSA) is 45.2 Å². The third kappa shape index (κ3) is 3.04. The summed E-state index contributed by atoms with van der Waals surface area (Å²) in [5, 5.41) is 5.06. The van der Waals surface area contributed by atoms with Crippen LogP contribution in [-0.4, -0.2) is 43.0 Å². The molecule has 0 bridgehead atoms. The minimum absolute atomic E-state index is 0.0242. The lowest BCUT2D eigenvalue weighted by molar-refractivity contribution is 0.0955. The number of thiophene rings is 1. The summed E-state index contributed by atoms with van der Waals surface area (Å²) >= 11 is 1.44. The van der Waals surface area contributed by atoms with E-state index in [4.69, 9.17) is 0 Å². The molecule has 0 unspecified atom stereocenters. The predicted molar refractivity (Wildman–Crippen MR) is 88.0 cm³/mol. The molecule has 0 radical (unpaired) electrons. The van der Waals surface area contributed by atoms with Crippen molar-refractivity contribution in [1.29, 1.82) is 0 Å². The quantitative estimate of drug-likeness (QED) is 0.805. The van der Waals surface area contributed by atoms with Crippen LogP contribution in [0.15, 0.2) is 36.4 Å². The Labute approximate surface area is 127 Å². The first-order chi connectivity index (χ1) is 10.1. The zero-order valence-electron chi connectivity index (χ0n) is 12.1. The lowest BCUT2D eigenvalue weighted by Crippen LogP contribution is -2.30. The number of fused-ring (bicyclic) bond motifs is 2. The van der Waals surface area contributed by atoms with Crippen molar-refractivity contribution in [3.05, 3.63) is 41.3 Å². The van der Waals surface area contributed by atoms with Gasteiger partial charge < -0.3 is 10.2 Å². The van der Waals surface area contributed by atoms with E-state index < -0.39 is 0 Å². The van der Waals surface area contributed by atoms with Crippen LogP contribution < -0.4 is 5.32 Å². The van der Waals surface area contributed by atoms with Gasteiger partial charge in [0.25, 0.3) is 5.91 Å². The number of benzene rings is 1. The fourth-order valence-corrected chi connectivity index (χ4v) is 3.11. The summed E-state index contributed by atoms with van der Waals surface area (Å²) in [5.41, 5.74) is 0.964. The number of pyridine rings is 1. The van der Waals surface area contributed by atoms with Gasteiger partial charge >= 0.3 is 0 Å². The van der Waals surface area contributed by atoms with Crippen LogP contribution in [0.3, 0.4) is 0 Å². The molecular formula is C16H17N3OS. The lowest BCUT2D eigenvalue weighted by atomic mass is 10.2. The Kier molecular flexibility index (Phi) is 3.86. The van der Waals surface area contributed by atoms with Crippen molar-refractivity contribution in [2.24, 2.45) is 0 Å². The first kappa shape index (κ1) is 14.0. The van der Waals surface area contributed by atoms with E-state index in [9.17, 15) is 4.79 Å². The Morgan fingerprint density at radius 2 is 2.05 bits per heavy atom. The fraction of sp³-hybridized carbons (Fsp3) is 0.250. The Balaban J connectivity index is 1.86. The molecule has 0 aliphatic rings. The van der Waals surface area contributed by atoms with Crippen LogP contribution in [-0.2, 0) is 0 Å². The highest BCUT2D eigenvalue weighted by atomic mass is 32.1. The third-order valence-electron chi connectivity index (χ3n) is 3.28. The van der Waals surface area contributed by atoms with Crippen LogP contribution >= 0.6 is 11.3 Å². The predicted octanol–water partition coefficient (Wildman–Crippen LogP) is 2.74. The second-order valence-corrected chi connectivity index (χ2v) is 6.28. The number of carbonyl (C=O) groups is 1. The number of nitrogens with zero attached hydrogens (tertiary/aromatic N) is 2. The van der Waals surface area contributed by atoms with Crippen molar-refractivity contribution in [2.75, 3.05) is 27.2 Å². The zero-order chi connectivity index (χ0) is 14.8. The molecule has 21 heavy (non-hydrogen) atoms. The van der Waals surface area contributed by atoms with Gasteiger partial charge in [-0.3, -0.25) is 4.79 Å². The number of nitrogens with one attached hydrogen (secondary N) is 1. The zero-order valence-corrected chi connectivity index (χ0v) is 12.9. The van der Waals surface area contributed by atoms with Crippen molar-refractivity contribution < 1.29 is 4.79 Å². The third-order valence-corrected chi connectivity index (χ3v) is 4.32. The van der Waals surface area contributed by atoms with Crippen molar-refractivity contribution in [2.45, 2.75) is 0 Å². The van der Waals surface area contributed by atoms with E-state index >= 15 is 0 Å². The number of rotatable bonds is 4. The van der Waals surface area contributed by atoms with E-state index in [0.717, 1.165) is 27.7 Å². The summed E-state index contributed by atoms with van der Waals surface area (Å²) in [5.74, 6) is -0.0242. The van der Waals surface area contributed by atoms with Crippen LogP contribution in [0.2, 0.25) is 0 Å². The SMILES string of the molecule is CN(C)CCNC(=O)c1cc2cc3ccccc3nc2s1. The Hall–Kier alpha value is -1.98. The molecule has 0 atom stereocenters. The summed E-state index contributed by atoms with van der Waals surface area (Å²) in [6, 6.07) is 12.0. The van der Waals surface area contributed by atoms with Gasteiger partial charge in [0, 0.05) is 23.9 Å². The second-order valence-electron chi connectivity index (χ2n) is 5.25. The smallest absolute Gasteiger partial charge is 0.261 e. The van der Waals surface area contributed by atoms with Crippen LogP contribution in [0.4, 0.5) is 0 Å². The number of hydrogen-bond acceptors (Lipinski definition) is 4. The van der Waals surface area contributed by atoms with Gasteiger partial charge in [-0.15, -0.1) is 11.3 Å². The maximum atomic E-state index is 12.1. The van der Waals surface area contributed by atoms with E-state index in [-0.39, 0.29) is 5.91 Å². The van der Waals surface area contributed by atoms with E-state index in [1.54, 1.807) is 0 Å². The van der Waals surface area contributed by atoms with E-state index in [0.29, 0.717) is 11.4 Å². The van der Waals surface area contributed by atoms with Crippen LogP contribution in [0.5, 0.6) is 0 Å². The molecule has 0 aliphatic heterocycles. The van der Waals surface area contributed by atoms with Gasteiger partial charge in [0.1, 0.15) is 4.83 Å². The molecule has 0 fully saturated rings. The van der Waals surface area contributed by atoms with Crippen LogP contribution in [0.1, 0.15) is 9.67 Å². The van der Waals surface area contributed by atoms with Crippen LogP contribution in [0.25, 0.3) is 21.1 Å². The average molecular weight is 299 g/mol. The van der Waals surface area contributed by atoms with Gasteiger partial charge in [-0.2, -0.15) is 0 Å². The number of amides is 1. The highest BCUT2D eigenvalue weighted by molar-refractivity contribution is 7.20. The van der Waals surface area contributed by atoms with E-state index in [1.807, 2.05) is 49.3 Å². The van der Waals surface area contributed by atoms with Gasteiger partial charge in [-0.1, -0.05) is 18.2 Å². The monoisotopic (exact) mass is 299 g/mol. The molecular weight excluding hydrogens is 282 g/mol. The van der Waals surface area contributed by atoms with Crippen molar-refractivity contribution in [3.8, 4) is 0 Å². The number of hydrogen-bond donors (Lipinski definition) is 1. The molecule has 108 valence electrons.